The number of pyridine rings is 1. The van der Waals surface area contributed by atoms with Gasteiger partial charge < -0.3 is 14.8 Å². The second-order valence-electron chi connectivity index (χ2n) is 6.16. The van der Waals surface area contributed by atoms with E-state index in [4.69, 9.17) is 9.47 Å². The Balaban J connectivity index is 0.00000208. The monoisotopic (exact) mass is 314 g/mol. The number of nitrogens with one attached hydrogen (secondary N) is 1. The Hall–Kier alpha value is -2.07. The average Bonchev–Trinajstić information content (AvgIpc) is 2.55. The van der Waals surface area contributed by atoms with Crippen LogP contribution in [0.2, 0.25) is 0 Å². The first-order valence-electron chi connectivity index (χ1n) is 8.06. The van der Waals surface area contributed by atoms with E-state index in [2.05, 4.69) is 28.5 Å². The molecule has 1 heterocycles. The highest BCUT2D eigenvalue weighted by Crippen LogP contribution is 2.37. The molecule has 1 saturated carbocycles. The molecule has 1 aliphatic carbocycles. The van der Waals surface area contributed by atoms with Crippen LogP contribution in [-0.2, 0) is 6.54 Å². The molecule has 0 aliphatic heterocycles. The normalized spacial score (nSPS) is 20.0. The predicted octanol–water partition coefficient (Wildman–Crippen LogP) is 3.69. The van der Waals surface area contributed by atoms with Crippen LogP contribution in [0.15, 0.2) is 36.5 Å². The van der Waals surface area contributed by atoms with Crippen LogP contribution >= 0.6 is 0 Å². The lowest BCUT2D eigenvalue weighted by molar-refractivity contribution is 0.287. The van der Waals surface area contributed by atoms with E-state index in [-0.39, 0.29) is 1.43 Å². The highest BCUT2D eigenvalue weighted by Gasteiger charge is 2.30. The number of nitrogens with zero attached hydrogens (tertiary/aromatic N) is 1. The van der Waals surface area contributed by atoms with Gasteiger partial charge in [0, 0.05) is 37.5 Å². The Morgan fingerprint density at radius 1 is 1.17 bits per heavy atom. The Morgan fingerprint density at radius 2 is 2.00 bits per heavy atom. The van der Waals surface area contributed by atoms with Gasteiger partial charge in [0.05, 0.1) is 14.2 Å². The first-order chi connectivity index (χ1) is 11.2. The molecule has 23 heavy (non-hydrogen) atoms. The molecule has 0 spiro atoms. The van der Waals surface area contributed by atoms with Crippen LogP contribution in [0.3, 0.4) is 0 Å². The molecule has 1 aromatic heterocycles. The molecular weight excluding hydrogens is 288 g/mol. The van der Waals surface area contributed by atoms with Gasteiger partial charge in [-0.05, 0) is 43.4 Å². The lowest BCUT2D eigenvalue weighted by Crippen LogP contribution is -2.39. The van der Waals surface area contributed by atoms with Gasteiger partial charge in [-0.2, -0.15) is 0 Å². The molecule has 1 aliphatic rings. The Bertz CT molecular complexity index is 655. The quantitative estimate of drug-likeness (QED) is 0.883. The fraction of sp³-hybridized carbons (Fsp3) is 0.421. The zero-order chi connectivity index (χ0) is 16.2. The molecule has 3 rings (SSSR count). The fourth-order valence-electron chi connectivity index (χ4n) is 3.03. The Labute approximate surface area is 139 Å². The maximum atomic E-state index is 5.45. The summed E-state index contributed by atoms with van der Waals surface area (Å²) in [6.07, 6.45) is 4.36. The number of aromatic nitrogens is 1. The number of ether oxygens (including phenoxy) is 2. The summed E-state index contributed by atoms with van der Waals surface area (Å²) < 4.78 is 10.7. The molecule has 0 atom stereocenters. The number of benzene rings is 1. The van der Waals surface area contributed by atoms with Crippen LogP contribution in [0.4, 0.5) is 0 Å². The van der Waals surface area contributed by atoms with Gasteiger partial charge in [-0.3, -0.25) is 4.98 Å². The smallest absolute Gasteiger partial charge is 0.127 e. The van der Waals surface area contributed by atoms with E-state index in [1.807, 2.05) is 25.3 Å². The largest absolute Gasteiger partial charge is 0.497 e. The van der Waals surface area contributed by atoms with Crippen LogP contribution in [0.25, 0.3) is 0 Å². The molecule has 0 amide bonds. The van der Waals surface area contributed by atoms with Crippen LogP contribution < -0.4 is 14.8 Å². The summed E-state index contributed by atoms with van der Waals surface area (Å²) in [6, 6.07) is 10.8. The number of rotatable bonds is 6. The third kappa shape index (κ3) is 3.64. The van der Waals surface area contributed by atoms with Gasteiger partial charge in [-0.1, -0.05) is 12.1 Å². The van der Waals surface area contributed by atoms with Crippen molar-refractivity contribution in [1.29, 1.82) is 0 Å². The topological polar surface area (TPSA) is 43.4 Å². The molecule has 4 nitrogen and oxygen atoms in total. The minimum absolute atomic E-state index is 0. The summed E-state index contributed by atoms with van der Waals surface area (Å²) in [5, 5.41) is 3.62. The van der Waals surface area contributed by atoms with Gasteiger partial charge in [0.1, 0.15) is 11.5 Å². The van der Waals surface area contributed by atoms with Gasteiger partial charge in [0.25, 0.3) is 0 Å². The van der Waals surface area contributed by atoms with Crippen LogP contribution in [0, 0.1) is 6.92 Å². The van der Waals surface area contributed by atoms with Crippen molar-refractivity contribution in [3.63, 3.8) is 0 Å². The maximum Gasteiger partial charge on any atom is 0.127 e. The van der Waals surface area contributed by atoms with E-state index in [1.54, 1.807) is 14.2 Å². The molecule has 0 bridgehead atoms. The van der Waals surface area contributed by atoms with Crippen molar-refractivity contribution < 1.29 is 10.9 Å². The molecule has 1 aromatic carbocycles. The van der Waals surface area contributed by atoms with Gasteiger partial charge in [0.15, 0.2) is 0 Å². The summed E-state index contributed by atoms with van der Waals surface area (Å²) in [7, 11) is 3.36. The van der Waals surface area contributed by atoms with Crippen molar-refractivity contribution in [2.75, 3.05) is 14.2 Å². The van der Waals surface area contributed by atoms with Gasteiger partial charge >= 0.3 is 0 Å². The number of hydrogen-bond acceptors (Lipinski definition) is 4. The summed E-state index contributed by atoms with van der Waals surface area (Å²) in [5.41, 5.74) is 3.60. The molecular formula is C19H26N2O2. The molecule has 1 fully saturated rings. The van der Waals surface area contributed by atoms with Crippen molar-refractivity contribution in [3.05, 3.63) is 53.3 Å². The van der Waals surface area contributed by atoms with E-state index >= 15 is 0 Å². The lowest BCUT2D eigenvalue weighted by atomic mass is 9.76. The minimum Gasteiger partial charge on any atom is -0.497 e. The van der Waals surface area contributed by atoms with Crippen molar-refractivity contribution in [2.24, 2.45) is 0 Å². The van der Waals surface area contributed by atoms with Crippen molar-refractivity contribution >= 4 is 0 Å². The lowest BCUT2D eigenvalue weighted by Gasteiger charge is -2.36. The first-order valence-corrected chi connectivity index (χ1v) is 8.06. The highest BCUT2D eigenvalue weighted by atomic mass is 16.5. The van der Waals surface area contributed by atoms with E-state index in [0.29, 0.717) is 12.0 Å². The number of methoxy groups -OCH3 is 2. The molecule has 1 N–H and O–H groups in total. The maximum absolute atomic E-state index is 5.45. The standard InChI is InChI=1S/C19H24N2O2.H2/c1-13-4-5-14(11-20-13)16-8-17(9-16)21-12-15-6-7-18(22-2)10-19(15)23-3;/h4-7,10-11,16-17,21H,8-9,12H2,1-3H3;1H. The van der Waals surface area contributed by atoms with Crippen molar-refractivity contribution in [2.45, 2.75) is 38.3 Å². The summed E-state index contributed by atoms with van der Waals surface area (Å²) in [5.74, 6) is 2.33. The Morgan fingerprint density at radius 3 is 2.65 bits per heavy atom. The van der Waals surface area contributed by atoms with Gasteiger partial charge in [-0.15, -0.1) is 0 Å². The Kier molecular flexibility index (Phi) is 4.82. The van der Waals surface area contributed by atoms with Crippen LogP contribution in [0.5, 0.6) is 11.5 Å². The SMILES string of the molecule is COc1ccc(CNC2CC(c3ccc(C)nc3)C2)c(OC)c1.[HH]. The zero-order valence-electron chi connectivity index (χ0n) is 14.0. The highest BCUT2D eigenvalue weighted by molar-refractivity contribution is 5.40. The van der Waals surface area contributed by atoms with Crippen molar-refractivity contribution in [1.82, 2.24) is 10.3 Å². The van der Waals surface area contributed by atoms with Gasteiger partial charge in [-0.25, -0.2) is 0 Å². The van der Waals surface area contributed by atoms with Crippen LogP contribution in [0.1, 0.15) is 37.0 Å². The second kappa shape index (κ2) is 7.01. The second-order valence-corrected chi connectivity index (χ2v) is 6.16. The summed E-state index contributed by atoms with van der Waals surface area (Å²) >= 11 is 0. The average molecular weight is 314 g/mol. The molecule has 124 valence electrons. The molecule has 2 aromatic rings. The van der Waals surface area contributed by atoms with Gasteiger partial charge in [0.2, 0.25) is 0 Å². The van der Waals surface area contributed by atoms with Crippen molar-refractivity contribution in [3.8, 4) is 11.5 Å². The summed E-state index contributed by atoms with van der Waals surface area (Å²) in [6.45, 7) is 2.84. The molecule has 0 saturated heterocycles. The number of hydrogen-bond donors (Lipinski definition) is 1. The van der Waals surface area contributed by atoms with E-state index in [9.17, 15) is 0 Å². The molecule has 0 unspecified atom stereocenters. The minimum atomic E-state index is 0. The fourth-order valence-corrected chi connectivity index (χ4v) is 3.03. The summed E-state index contributed by atoms with van der Waals surface area (Å²) in [4.78, 5) is 4.39. The zero-order valence-corrected chi connectivity index (χ0v) is 14.0. The predicted molar refractivity (Wildman–Crippen MR) is 93.2 cm³/mol. The molecule has 0 radical (unpaired) electrons. The number of aryl methyl sites for hydroxylation is 1. The third-order valence-electron chi connectivity index (χ3n) is 4.62. The van der Waals surface area contributed by atoms with E-state index < -0.39 is 0 Å². The molecule has 4 heteroatoms. The van der Waals surface area contributed by atoms with E-state index in [1.165, 1.54) is 18.4 Å². The third-order valence-corrected chi connectivity index (χ3v) is 4.62. The first kappa shape index (κ1) is 15.8. The van der Waals surface area contributed by atoms with Crippen LogP contribution in [-0.4, -0.2) is 25.2 Å². The van der Waals surface area contributed by atoms with E-state index in [0.717, 1.165) is 29.3 Å².